The van der Waals surface area contributed by atoms with Gasteiger partial charge in [-0.3, -0.25) is 4.79 Å². The van der Waals surface area contributed by atoms with Gasteiger partial charge >= 0.3 is 0 Å². The highest BCUT2D eigenvalue weighted by Gasteiger charge is 2.16. The van der Waals surface area contributed by atoms with E-state index in [0.29, 0.717) is 12.2 Å². The molecule has 1 N–H and O–H groups in total. The van der Waals surface area contributed by atoms with E-state index in [0.717, 1.165) is 28.8 Å². The van der Waals surface area contributed by atoms with E-state index >= 15 is 0 Å². The number of thiophene rings is 1. The first-order valence-electron chi connectivity index (χ1n) is 11.8. The van der Waals surface area contributed by atoms with Crippen molar-refractivity contribution in [3.05, 3.63) is 76.4 Å². The fourth-order valence-corrected chi connectivity index (χ4v) is 5.16. The lowest BCUT2D eigenvalue weighted by atomic mass is 10.1. The van der Waals surface area contributed by atoms with Crippen molar-refractivity contribution in [2.45, 2.75) is 32.9 Å². The smallest absolute Gasteiger partial charge is 0.226 e. The zero-order valence-electron chi connectivity index (χ0n) is 21.3. The third-order valence-electron chi connectivity index (χ3n) is 5.90. The maximum atomic E-state index is 12.2. The summed E-state index contributed by atoms with van der Waals surface area (Å²) in [7, 11) is 7.74. The van der Waals surface area contributed by atoms with Gasteiger partial charge in [0.2, 0.25) is 5.91 Å². The van der Waals surface area contributed by atoms with Crippen LogP contribution in [0, 0.1) is 6.92 Å². The molecule has 0 saturated carbocycles. The van der Waals surface area contributed by atoms with E-state index in [4.69, 9.17) is 4.98 Å². The highest BCUT2D eigenvalue weighted by Crippen LogP contribution is 2.35. The van der Waals surface area contributed by atoms with Gasteiger partial charge in [-0.25, -0.2) is 9.97 Å². The molecule has 0 aliphatic heterocycles. The maximum absolute atomic E-state index is 12.2. The van der Waals surface area contributed by atoms with Gasteiger partial charge in [0.1, 0.15) is 11.6 Å². The Hall–Kier alpha value is -3.29. The number of carbonyl (C=O) groups excluding carboxylic acids is 1. The van der Waals surface area contributed by atoms with Crippen molar-refractivity contribution in [3.63, 3.8) is 0 Å². The third kappa shape index (κ3) is 5.86. The van der Waals surface area contributed by atoms with E-state index in [1.54, 1.807) is 30.3 Å². The topological polar surface area (TPSA) is 61.4 Å². The van der Waals surface area contributed by atoms with E-state index in [-0.39, 0.29) is 11.9 Å². The summed E-state index contributed by atoms with van der Waals surface area (Å²) in [6, 6.07) is 19.1. The number of hydrogen-bond donors (Lipinski definition) is 1. The molecule has 0 radical (unpaired) electrons. The van der Waals surface area contributed by atoms with Crippen LogP contribution in [0.3, 0.4) is 0 Å². The minimum absolute atomic E-state index is 0.0688. The molecule has 0 fully saturated rings. The standard InChI is InChI=1S/C28H33N5OS/c1-18(25-13-14-26(35-25)22-10-8-7-9-21(22)17-32(3)4)29-28-23-15-20(16-27(34)33(5)6)11-12-24(23)30-19(2)31-28/h7-15,18H,16-17H2,1-6H3,(H,29,30,31). The van der Waals surface area contributed by atoms with Gasteiger partial charge in [-0.1, -0.05) is 30.3 Å². The number of fused-ring (bicyclic) bond motifs is 1. The second kappa shape index (κ2) is 10.5. The largest absolute Gasteiger partial charge is 0.362 e. The number of rotatable bonds is 8. The Morgan fingerprint density at radius 3 is 2.54 bits per heavy atom. The summed E-state index contributed by atoms with van der Waals surface area (Å²) >= 11 is 1.80. The number of carbonyl (C=O) groups is 1. The Balaban J connectivity index is 1.61. The Morgan fingerprint density at radius 2 is 1.80 bits per heavy atom. The minimum Gasteiger partial charge on any atom is -0.362 e. The number of anilines is 1. The number of likely N-dealkylation sites (N-methyl/N-ethyl adjacent to an activating group) is 1. The van der Waals surface area contributed by atoms with Crippen LogP contribution < -0.4 is 5.32 Å². The molecule has 0 spiro atoms. The fraction of sp³-hybridized carbons (Fsp3) is 0.321. The molecule has 0 saturated heterocycles. The van der Waals surface area contributed by atoms with Gasteiger partial charge in [0.15, 0.2) is 0 Å². The van der Waals surface area contributed by atoms with Crippen LogP contribution >= 0.6 is 11.3 Å². The fourth-order valence-electron chi connectivity index (χ4n) is 4.09. The minimum atomic E-state index is 0.0688. The Bertz CT molecular complexity index is 1340. The molecular formula is C28H33N5OS. The van der Waals surface area contributed by atoms with Crippen LogP contribution in [0.1, 0.15) is 34.8 Å². The SMILES string of the molecule is Cc1nc(NC(C)c2ccc(-c3ccccc3CN(C)C)s2)c2cc(CC(=O)N(C)C)ccc2n1. The summed E-state index contributed by atoms with van der Waals surface area (Å²) in [6.45, 7) is 4.97. The zero-order chi connectivity index (χ0) is 25.1. The van der Waals surface area contributed by atoms with Gasteiger partial charge in [0.05, 0.1) is 18.0 Å². The number of aryl methyl sites for hydroxylation is 1. The van der Waals surface area contributed by atoms with E-state index in [1.807, 2.05) is 25.1 Å². The summed E-state index contributed by atoms with van der Waals surface area (Å²) in [6.07, 6.45) is 0.354. The van der Waals surface area contributed by atoms with Crippen LogP contribution in [0.25, 0.3) is 21.3 Å². The highest BCUT2D eigenvalue weighted by atomic mass is 32.1. The Morgan fingerprint density at radius 1 is 1.03 bits per heavy atom. The van der Waals surface area contributed by atoms with Gasteiger partial charge in [0, 0.05) is 35.8 Å². The van der Waals surface area contributed by atoms with Crippen molar-refractivity contribution in [1.29, 1.82) is 0 Å². The van der Waals surface area contributed by atoms with Crippen molar-refractivity contribution in [1.82, 2.24) is 19.8 Å². The summed E-state index contributed by atoms with van der Waals surface area (Å²) in [5.41, 5.74) is 4.43. The van der Waals surface area contributed by atoms with E-state index < -0.39 is 0 Å². The lowest BCUT2D eigenvalue weighted by Gasteiger charge is -2.16. The van der Waals surface area contributed by atoms with Crippen LogP contribution in [0.15, 0.2) is 54.6 Å². The normalized spacial score (nSPS) is 12.2. The number of nitrogens with zero attached hydrogens (tertiary/aromatic N) is 4. The molecule has 2 aromatic carbocycles. The first-order chi connectivity index (χ1) is 16.7. The summed E-state index contributed by atoms with van der Waals surface area (Å²) in [5, 5.41) is 4.54. The quantitative estimate of drug-likeness (QED) is 0.354. The molecule has 1 unspecified atom stereocenters. The first kappa shape index (κ1) is 24.8. The molecular weight excluding hydrogens is 454 g/mol. The van der Waals surface area contributed by atoms with Crippen molar-refractivity contribution in [3.8, 4) is 10.4 Å². The zero-order valence-corrected chi connectivity index (χ0v) is 22.1. The van der Waals surface area contributed by atoms with E-state index in [9.17, 15) is 4.79 Å². The summed E-state index contributed by atoms with van der Waals surface area (Å²) in [5.74, 6) is 1.58. The average Bonchev–Trinajstić information content (AvgIpc) is 3.29. The molecule has 2 aromatic heterocycles. The monoisotopic (exact) mass is 487 g/mol. The molecule has 4 rings (SSSR count). The number of amides is 1. The number of benzene rings is 2. The number of aromatic nitrogens is 2. The highest BCUT2D eigenvalue weighted by molar-refractivity contribution is 7.15. The number of nitrogens with one attached hydrogen (secondary N) is 1. The number of hydrogen-bond acceptors (Lipinski definition) is 6. The Labute approximate surface area is 211 Å². The van der Waals surface area contributed by atoms with Crippen molar-refractivity contribution in [2.75, 3.05) is 33.5 Å². The van der Waals surface area contributed by atoms with Crippen LogP contribution in [-0.2, 0) is 17.8 Å². The van der Waals surface area contributed by atoms with Gasteiger partial charge in [-0.05, 0) is 68.9 Å². The molecule has 0 aliphatic carbocycles. The van der Waals surface area contributed by atoms with Gasteiger partial charge in [0.25, 0.3) is 0 Å². The molecule has 4 aromatic rings. The van der Waals surface area contributed by atoms with Crippen LogP contribution in [-0.4, -0.2) is 53.9 Å². The molecule has 2 heterocycles. The van der Waals surface area contributed by atoms with Crippen molar-refractivity contribution < 1.29 is 4.79 Å². The van der Waals surface area contributed by atoms with Gasteiger partial charge < -0.3 is 15.1 Å². The Kier molecular flexibility index (Phi) is 7.48. The molecule has 35 heavy (non-hydrogen) atoms. The van der Waals surface area contributed by atoms with Crippen LogP contribution in [0.5, 0.6) is 0 Å². The molecule has 1 amide bonds. The summed E-state index contributed by atoms with van der Waals surface area (Å²) in [4.78, 5) is 27.9. The molecule has 7 heteroatoms. The second-order valence-corrected chi connectivity index (χ2v) is 10.5. The molecule has 1 atom stereocenters. The first-order valence-corrected chi connectivity index (χ1v) is 12.6. The summed E-state index contributed by atoms with van der Waals surface area (Å²) < 4.78 is 0. The van der Waals surface area contributed by atoms with Crippen molar-refractivity contribution in [2.24, 2.45) is 0 Å². The van der Waals surface area contributed by atoms with Crippen LogP contribution in [0.2, 0.25) is 0 Å². The maximum Gasteiger partial charge on any atom is 0.226 e. The molecule has 182 valence electrons. The molecule has 0 aliphatic rings. The average molecular weight is 488 g/mol. The van der Waals surface area contributed by atoms with Crippen LogP contribution in [0.4, 0.5) is 5.82 Å². The van der Waals surface area contributed by atoms with E-state index in [2.05, 4.69) is 72.6 Å². The third-order valence-corrected chi connectivity index (χ3v) is 7.20. The molecule has 0 bridgehead atoms. The van der Waals surface area contributed by atoms with Gasteiger partial charge in [-0.2, -0.15) is 0 Å². The van der Waals surface area contributed by atoms with Gasteiger partial charge in [-0.15, -0.1) is 11.3 Å². The lowest BCUT2D eigenvalue weighted by molar-refractivity contribution is -0.127. The second-order valence-electron chi connectivity index (χ2n) is 9.40. The predicted octanol–water partition coefficient (Wildman–Crippen LogP) is 5.53. The van der Waals surface area contributed by atoms with E-state index in [1.165, 1.54) is 20.9 Å². The predicted molar refractivity (Wildman–Crippen MR) is 146 cm³/mol. The lowest BCUT2D eigenvalue weighted by Crippen LogP contribution is -2.23. The molecule has 6 nitrogen and oxygen atoms in total. The van der Waals surface area contributed by atoms with Crippen molar-refractivity contribution >= 4 is 34.0 Å².